The van der Waals surface area contributed by atoms with Gasteiger partial charge in [0.2, 0.25) is 12.2 Å². The predicted octanol–water partition coefficient (Wildman–Crippen LogP) is 5.92. The van der Waals surface area contributed by atoms with Gasteiger partial charge in [-0.2, -0.15) is 0 Å². The van der Waals surface area contributed by atoms with Crippen molar-refractivity contribution in [3.05, 3.63) is 159 Å². The summed E-state index contributed by atoms with van der Waals surface area (Å²) in [6.07, 6.45) is -7.10. The molecule has 0 aromatic heterocycles. The number of hydrogen-bond acceptors (Lipinski definition) is 17. The molecule has 5 aromatic rings. The van der Waals surface area contributed by atoms with Crippen molar-refractivity contribution in [3.63, 3.8) is 0 Å². The number of hydrogen-bond donors (Lipinski definition) is 7. The van der Waals surface area contributed by atoms with E-state index in [1.54, 1.807) is 0 Å². The van der Waals surface area contributed by atoms with E-state index >= 15 is 0 Å². The molecule has 6 aliphatic rings. The third kappa shape index (κ3) is 20.2. The van der Waals surface area contributed by atoms with Crippen LogP contribution in [0.4, 0.5) is 21.9 Å². The van der Waals surface area contributed by atoms with Crippen molar-refractivity contribution >= 4 is 93.5 Å². The van der Waals surface area contributed by atoms with Crippen molar-refractivity contribution in [1.82, 2.24) is 31.1 Å². The number of carbonyl (C=O) groups is 7. The highest BCUT2D eigenvalue weighted by atomic mass is 35.5. The lowest BCUT2D eigenvalue weighted by atomic mass is 9.99. The number of carbonyl (C=O) groups excluding carboxylic acids is 7. The van der Waals surface area contributed by atoms with Crippen LogP contribution in [0.15, 0.2) is 121 Å². The summed E-state index contributed by atoms with van der Waals surface area (Å²) in [6.45, 7) is 18.5. The number of benzene rings is 5. The van der Waals surface area contributed by atoms with Gasteiger partial charge in [0.05, 0.1) is 0 Å². The van der Waals surface area contributed by atoms with Crippen molar-refractivity contribution in [3.8, 4) is 0 Å². The van der Waals surface area contributed by atoms with Crippen molar-refractivity contribution in [2.75, 3.05) is 93.2 Å². The molecule has 0 bridgehead atoms. The Morgan fingerprint density at radius 3 is 1.23 bits per heavy atom. The lowest BCUT2D eigenvalue weighted by Gasteiger charge is -2.41. The standard InChI is InChI=1S/C26H28ClN3O6.C22H24ClN3O4.C10H13ClN2.C9H18N2O2/c1-16(31)35-23(25(33)28-11-18-12-29(13-18)22-9-7-21(27)8-10-22)24(36-17(2)32)26(34)30-14-19-5-3-4-6-20(19)15-30;23-17-5-7-18(8-6-17)25-10-14(11-25)9-24-21(29)19(27)20(28)22(30)26-12-15-3-1-2-4-16(15)13-26;11-9-1-3-10(4-2-9)13-6-8(5-12)7-13;1-9(2,3)13-8(12)11-6-7-4-10-5-7/h3-10,18,23-24H,11-15H2,1-2H3,(H,28,33);1-8,14,19-20,27-28H,9-13H2,(H,24,29);1-4,8H,5-7,12H2;7,10H,4-6H2,1-3H3,(H,11,12)/t23-,24-;19-,20-;;/m11../s1. The fourth-order valence-electron chi connectivity index (χ4n) is 10.9. The maximum absolute atomic E-state index is 13.4. The summed E-state index contributed by atoms with van der Waals surface area (Å²) in [4.78, 5) is 95.6. The number of rotatable bonds is 18. The van der Waals surface area contributed by atoms with Crippen LogP contribution in [0.2, 0.25) is 15.1 Å². The van der Waals surface area contributed by atoms with Crippen molar-refractivity contribution < 1.29 is 58.0 Å². The second kappa shape index (κ2) is 32.7. The summed E-state index contributed by atoms with van der Waals surface area (Å²) in [5.41, 5.74) is 12.4. The number of fused-ring (bicyclic) bond motifs is 2. The second-order valence-corrected chi connectivity index (χ2v) is 26.1. The molecule has 6 heterocycles. The molecule has 0 spiro atoms. The monoisotopic (exact) mass is 1320 g/mol. The molecule has 0 unspecified atom stereocenters. The van der Waals surface area contributed by atoms with Gasteiger partial charge in [-0.3, -0.25) is 28.8 Å². The Morgan fingerprint density at radius 1 is 0.511 bits per heavy atom. The minimum atomic E-state index is -1.80. The molecule has 4 saturated heterocycles. The first-order valence-electron chi connectivity index (χ1n) is 30.8. The summed E-state index contributed by atoms with van der Waals surface area (Å²) in [5.74, 6) is -2.54. The molecule has 4 atom stereocenters. The maximum Gasteiger partial charge on any atom is 0.407 e. The molecule has 0 saturated carbocycles. The molecule has 22 nitrogen and oxygen atoms in total. The first-order valence-corrected chi connectivity index (χ1v) is 31.9. The van der Waals surface area contributed by atoms with Gasteiger partial charge >= 0.3 is 18.0 Å². The number of amides is 5. The zero-order valence-electron chi connectivity index (χ0n) is 52.4. The highest BCUT2D eigenvalue weighted by Crippen LogP contribution is 2.30. The largest absolute Gasteiger partial charge is 0.448 e. The van der Waals surface area contributed by atoms with Gasteiger partial charge < -0.3 is 75.9 Å². The molecule has 5 amide bonds. The van der Waals surface area contributed by atoms with E-state index in [1.165, 1.54) is 15.5 Å². The van der Waals surface area contributed by atoms with Crippen LogP contribution in [0.1, 0.15) is 56.9 Å². The lowest BCUT2D eigenvalue weighted by molar-refractivity contribution is -0.178. The molecule has 0 aliphatic carbocycles. The minimum absolute atomic E-state index is 0.165. The van der Waals surface area contributed by atoms with Crippen LogP contribution in [0.25, 0.3) is 0 Å². The normalized spacial score (nSPS) is 17.2. The van der Waals surface area contributed by atoms with Crippen molar-refractivity contribution in [1.29, 1.82) is 0 Å². The summed E-state index contributed by atoms with van der Waals surface area (Å²) in [5, 5.41) is 33.8. The molecule has 92 heavy (non-hydrogen) atoms. The van der Waals surface area contributed by atoms with E-state index in [4.69, 9.17) is 54.7 Å². The van der Waals surface area contributed by atoms with E-state index in [-0.39, 0.29) is 17.9 Å². The number of esters is 2. The molecule has 6 aliphatic heterocycles. The molecule has 4 fully saturated rings. The average molecular weight is 1330 g/mol. The van der Waals surface area contributed by atoms with E-state index in [1.807, 2.05) is 130 Å². The quantitative estimate of drug-likeness (QED) is 0.0396. The Labute approximate surface area is 551 Å². The van der Waals surface area contributed by atoms with Crippen LogP contribution in [0, 0.1) is 23.7 Å². The zero-order valence-corrected chi connectivity index (χ0v) is 54.7. The van der Waals surface area contributed by atoms with Gasteiger partial charge in [-0.1, -0.05) is 83.3 Å². The van der Waals surface area contributed by atoms with Crippen LogP contribution in [-0.2, 0) is 69.2 Å². The van der Waals surface area contributed by atoms with Crippen molar-refractivity contribution in [2.24, 2.45) is 29.4 Å². The van der Waals surface area contributed by atoms with E-state index in [0.29, 0.717) is 67.7 Å². The first-order chi connectivity index (χ1) is 43.9. The van der Waals surface area contributed by atoms with Crippen molar-refractivity contribution in [2.45, 2.75) is 90.8 Å². The number of halogens is 3. The topological polar surface area (TPSA) is 278 Å². The zero-order chi connectivity index (χ0) is 66.2. The van der Waals surface area contributed by atoms with E-state index in [0.717, 1.165) is 111 Å². The van der Waals surface area contributed by atoms with Crippen LogP contribution < -0.4 is 41.7 Å². The maximum atomic E-state index is 13.4. The average Bonchev–Trinajstić information content (AvgIpc) is 1.47. The van der Waals surface area contributed by atoms with Gasteiger partial charge in [-0.25, -0.2) is 4.79 Å². The van der Waals surface area contributed by atoms with Gasteiger partial charge in [0.15, 0.2) is 12.2 Å². The Bertz CT molecular complexity index is 3270. The number of nitrogens with two attached hydrogens (primary N) is 1. The van der Waals surface area contributed by atoms with E-state index in [2.05, 4.69) is 48.1 Å². The molecule has 0 radical (unpaired) electrons. The molecule has 494 valence electrons. The summed E-state index contributed by atoms with van der Waals surface area (Å²) in [7, 11) is 0. The van der Waals surface area contributed by atoms with Gasteiger partial charge in [-0.15, -0.1) is 0 Å². The molecular weight excluding hydrogens is 1240 g/mol. The Balaban J connectivity index is 0.000000173. The number of ether oxygens (including phenoxy) is 3. The highest BCUT2D eigenvalue weighted by molar-refractivity contribution is 6.31. The molecule has 8 N–H and O–H groups in total. The number of anilines is 3. The van der Waals surface area contributed by atoms with Crippen LogP contribution in [-0.4, -0.2) is 170 Å². The summed E-state index contributed by atoms with van der Waals surface area (Å²) in [6, 6.07) is 38.2. The lowest BCUT2D eigenvalue weighted by Crippen LogP contribution is -2.56. The number of nitrogens with zero attached hydrogens (tertiary/aromatic N) is 5. The fourth-order valence-corrected chi connectivity index (χ4v) is 11.3. The smallest absolute Gasteiger partial charge is 0.407 e. The van der Waals surface area contributed by atoms with E-state index < -0.39 is 65.6 Å². The fraction of sp³-hybridized carbons (Fsp3) is 0.448. The molecule has 25 heteroatoms. The molecular formula is C67H83Cl3N10O12. The Morgan fingerprint density at radius 2 is 0.870 bits per heavy atom. The third-order valence-corrected chi connectivity index (χ3v) is 17.0. The minimum Gasteiger partial charge on any atom is -0.448 e. The Hall–Kier alpha value is -7.70. The van der Waals surface area contributed by atoms with Gasteiger partial charge in [0, 0.05) is 168 Å². The van der Waals surface area contributed by atoms with E-state index in [9.17, 15) is 43.8 Å². The molecule has 5 aromatic carbocycles. The van der Waals surface area contributed by atoms with Crippen LogP contribution in [0.3, 0.4) is 0 Å². The number of aliphatic hydroxyl groups excluding tert-OH is 2. The Kier molecular flexibility index (Phi) is 25.0. The van der Waals surface area contributed by atoms with Gasteiger partial charge in [-0.05, 0) is 122 Å². The third-order valence-electron chi connectivity index (χ3n) is 16.2. The SMILES string of the molecule is CC(=O)O[C@@H](C(=O)NCC1CN(c2ccc(Cl)cc2)C1)[C@@H](OC(C)=O)C(=O)N1Cc2ccccc2C1.CC(C)(C)OC(=O)NCC1CNC1.NCC1CN(c2ccc(Cl)cc2)C1.O=C(NCC1CN(c2ccc(Cl)cc2)C1)[C@H](O)[C@@H](O)C(=O)N1Cc2ccccc2C1. The van der Waals surface area contributed by atoms with Crippen LogP contribution in [0.5, 0.6) is 0 Å². The summed E-state index contributed by atoms with van der Waals surface area (Å²) < 4.78 is 15.6. The molecule has 11 rings (SSSR count). The van der Waals surface area contributed by atoms with Gasteiger partial charge in [0.25, 0.3) is 23.6 Å². The first kappa shape index (κ1) is 70.2. The number of nitrogens with one attached hydrogen (secondary N) is 4. The van der Waals surface area contributed by atoms with Crippen LogP contribution >= 0.6 is 34.8 Å². The second-order valence-electron chi connectivity index (χ2n) is 24.8. The highest BCUT2D eigenvalue weighted by Gasteiger charge is 2.44. The van der Waals surface area contributed by atoms with Gasteiger partial charge in [0.1, 0.15) is 5.60 Å². The predicted molar refractivity (Wildman–Crippen MR) is 352 cm³/mol. The number of aliphatic hydroxyl groups is 2. The summed E-state index contributed by atoms with van der Waals surface area (Å²) >= 11 is 17.6. The number of alkyl carbamates (subject to hydrolysis) is 1.